The van der Waals surface area contributed by atoms with Crippen molar-refractivity contribution in [2.45, 2.75) is 75.9 Å². The number of benzene rings is 9. The van der Waals surface area contributed by atoms with Crippen molar-refractivity contribution in [3.8, 4) is 34.5 Å². The average molecular weight is 1160 g/mol. The number of hydrogen-bond acceptors (Lipinski definition) is 16. The number of rotatable bonds is 27. The second-order valence-corrected chi connectivity index (χ2v) is 20.3. The molecule has 9 aromatic rings. The fourth-order valence-corrected chi connectivity index (χ4v) is 9.84. The lowest BCUT2D eigenvalue weighted by Gasteiger charge is -2.52. The maximum atomic E-state index is 16.3. The first-order valence-corrected chi connectivity index (χ1v) is 27.6. The average Bonchev–Trinajstić information content (AvgIpc) is 0.751. The van der Waals surface area contributed by atoms with Crippen LogP contribution in [0, 0.1) is 10.1 Å². The van der Waals surface area contributed by atoms with Gasteiger partial charge in [0.1, 0.15) is 51.8 Å². The molecule has 1 aliphatic rings. The quantitative estimate of drug-likeness (QED) is 0.0213. The maximum absolute atomic E-state index is 16.3. The van der Waals surface area contributed by atoms with Crippen LogP contribution in [0.25, 0.3) is 0 Å². The van der Waals surface area contributed by atoms with Gasteiger partial charge in [-0.2, -0.15) is 0 Å². The van der Waals surface area contributed by atoms with Crippen molar-refractivity contribution in [1.82, 2.24) is 0 Å². The molecule has 0 spiro atoms. The number of carbonyl (C=O) groups excluding carboxylic acids is 2. The van der Waals surface area contributed by atoms with Gasteiger partial charge < -0.3 is 58.3 Å². The molecule has 17 heteroatoms. The summed E-state index contributed by atoms with van der Waals surface area (Å²) in [6.07, 6.45) is -7.10. The first kappa shape index (κ1) is 59.4. The van der Waals surface area contributed by atoms with E-state index in [2.05, 4.69) is 0 Å². The van der Waals surface area contributed by atoms with Gasteiger partial charge in [-0.15, -0.1) is 0 Å². The molecule has 0 aliphatic carbocycles. The molecule has 0 saturated carbocycles. The summed E-state index contributed by atoms with van der Waals surface area (Å²) >= 11 is 0. The molecule has 0 bridgehead atoms. The van der Waals surface area contributed by atoms with E-state index < -0.39 is 76.2 Å². The molecule has 4 N–H and O–H groups in total. The third kappa shape index (κ3) is 13.6. The smallest absolute Gasteiger partial charge is 0.274 e. The second kappa shape index (κ2) is 27.8. The molecular weight excluding hydrogens is 1100 g/mol. The molecule has 1 heterocycles. The zero-order chi connectivity index (χ0) is 59.9. The SMILES string of the molecule is O=C(c1cc(OCc2ccccc2)c(OCc2ccccc2)c(OCc2ccccc2)c1)[C@]1(O)[C@@H](OCc2ccccc2[N+](=O)[O-])O[C@H](CO)[C@@H](O)[C@@]1(O)C(=O)c1cc(OCc2ccccc2)c(OCc2ccccc2)c(OCc2ccccc2)c1. The van der Waals surface area contributed by atoms with Crippen LogP contribution in [0.15, 0.2) is 231 Å². The second-order valence-electron chi connectivity index (χ2n) is 20.3. The van der Waals surface area contributed by atoms with E-state index in [1.165, 1.54) is 48.5 Å². The van der Waals surface area contributed by atoms with Gasteiger partial charge in [0.25, 0.3) is 5.69 Å². The number of aliphatic hydroxyl groups excluding tert-OH is 2. The Morgan fingerprint density at radius 1 is 0.442 bits per heavy atom. The number of Topliss-reactive ketones (excluding diaryl/α,β-unsaturated/α-hetero) is 2. The monoisotopic (exact) mass is 1160 g/mol. The predicted molar refractivity (Wildman–Crippen MR) is 316 cm³/mol. The zero-order valence-electron chi connectivity index (χ0n) is 46.5. The van der Waals surface area contributed by atoms with Gasteiger partial charge >= 0.3 is 0 Å². The van der Waals surface area contributed by atoms with Crippen LogP contribution < -0.4 is 28.4 Å². The van der Waals surface area contributed by atoms with Crippen molar-refractivity contribution in [3.63, 3.8) is 0 Å². The lowest BCUT2D eigenvalue weighted by atomic mass is 9.66. The zero-order valence-corrected chi connectivity index (χ0v) is 46.5. The number of hydrogen-bond donors (Lipinski definition) is 4. The van der Waals surface area contributed by atoms with Crippen molar-refractivity contribution in [2.24, 2.45) is 0 Å². The van der Waals surface area contributed by atoms with Crippen LogP contribution in [0.4, 0.5) is 5.69 Å². The van der Waals surface area contributed by atoms with Gasteiger partial charge in [-0.25, -0.2) is 0 Å². The molecule has 0 unspecified atom stereocenters. The number of nitrogens with zero attached hydrogens (tertiary/aromatic N) is 1. The molecule has 17 nitrogen and oxygen atoms in total. The van der Waals surface area contributed by atoms with E-state index in [-0.39, 0.29) is 79.7 Å². The van der Waals surface area contributed by atoms with E-state index >= 15 is 9.59 Å². The number of carbonyl (C=O) groups is 2. The Labute approximate surface area is 495 Å². The molecule has 86 heavy (non-hydrogen) atoms. The van der Waals surface area contributed by atoms with E-state index in [0.29, 0.717) is 22.3 Å². The topological polar surface area (TPSA) is 232 Å². The van der Waals surface area contributed by atoms with Gasteiger partial charge in [0.2, 0.25) is 28.7 Å². The van der Waals surface area contributed by atoms with Crippen molar-refractivity contribution >= 4 is 17.3 Å². The molecule has 438 valence electrons. The van der Waals surface area contributed by atoms with Gasteiger partial charge in [0.05, 0.1) is 23.7 Å². The Morgan fingerprint density at radius 2 is 0.744 bits per heavy atom. The van der Waals surface area contributed by atoms with E-state index in [0.717, 1.165) is 11.1 Å². The summed E-state index contributed by atoms with van der Waals surface area (Å²) in [7, 11) is 0. The highest BCUT2D eigenvalue weighted by atomic mass is 16.7. The van der Waals surface area contributed by atoms with Crippen molar-refractivity contribution in [2.75, 3.05) is 6.61 Å². The van der Waals surface area contributed by atoms with Gasteiger partial charge in [0.15, 0.2) is 34.9 Å². The van der Waals surface area contributed by atoms with Crippen LogP contribution >= 0.6 is 0 Å². The number of para-hydroxylation sites is 1. The number of aliphatic hydroxyl groups is 4. The number of ether oxygens (including phenoxy) is 8. The summed E-state index contributed by atoms with van der Waals surface area (Å²) in [5.41, 5.74) is -4.62. The van der Waals surface area contributed by atoms with Gasteiger partial charge in [-0.3, -0.25) is 19.7 Å². The summed E-state index contributed by atoms with van der Waals surface area (Å²) in [6, 6.07) is 65.1. The highest BCUT2D eigenvalue weighted by Gasteiger charge is 2.73. The standard InChI is InChI=1S/C69H61NO16/c71-39-61-66(74)68(75,64(72)54-35-57(79-40-47-21-7-1-8-22-47)62(83-44-51-29-15-5-16-30-51)58(36-54)80-41-48-23-9-2-10-24-48)69(76,67(86-61)85-46-53-33-19-20-34-56(53)70(77)78)65(73)55-37-59(81-42-49-25-11-3-12-26-49)63(84-45-52-31-17-6-18-32-52)60(38-55)82-43-50-27-13-4-14-28-50/h1-38,61,66-67,71,74-76H,39-46H2/t61-,66-,67+,68+,69+/m1/s1. The predicted octanol–water partition coefficient (Wildman–Crippen LogP) is 10.9. The number of ketones is 2. The molecule has 10 rings (SSSR count). The fraction of sp³-hybridized carbons (Fsp3) is 0.188. The van der Waals surface area contributed by atoms with Gasteiger partial charge in [-0.1, -0.05) is 194 Å². The molecule has 0 radical (unpaired) electrons. The van der Waals surface area contributed by atoms with E-state index in [4.69, 9.17) is 37.9 Å². The highest BCUT2D eigenvalue weighted by molar-refractivity contribution is 6.13. The summed E-state index contributed by atoms with van der Waals surface area (Å²) in [4.78, 5) is 44.1. The minimum absolute atomic E-state index is 0.00721. The molecule has 5 atom stereocenters. The summed E-state index contributed by atoms with van der Waals surface area (Å²) in [5, 5.41) is 63.4. The van der Waals surface area contributed by atoms with E-state index in [1.54, 1.807) is 0 Å². The van der Waals surface area contributed by atoms with Crippen molar-refractivity contribution in [1.29, 1.82) is 0 Å². The Kier molecular flexibility index (Phi) is 19.2. The minimum atomic E-state index is -3.76. The largest absolute Gasteiger partial charge is 0.485 e. The molecule has 0 aromatic heterocycles. The Balaban J connectivity index is 1.15. The van der Waals surface area contributed by atoms with Crippen molar-refractivity contribution < 1.29 is 72.8 Å². The highest BCUT2D eigenvalue weighted by Crippen LogP contribution is 2.49. The summed E-state index contributed by atoms with van der Waals surface area (Å²) in [6.45, 7) is -2.23. The lowest BCUT2D eigenvalue weighted by Crippen LogP contribution is -2.80. The van der Waals surface area contributed by atoms with E-state index in [1.807, 2.05) is 182 Å². The molecule has 0 amide bonds. The fourth-order valence-electron chi connectivity index (χ4n) is 9.84. The third-order valence-corrected chi connectivity index (χ3v) is 14.4. The normalized spacial score (nSPS) is 18.1. The summed E-state index contributed by atoms with van der Waals surface area (Å²) < 4.78 is 51.2. The first-order chi connectivity index (χ1) is 41.9. The lowest BCUT2D eigenvalue weighted by molar-refractivity contribution is -0.386. The van der Waals surface area contributed by atoms with Crippen LogP contribution in [0.3, 0.4) is 0 Å². The molecule has 1 saturated heterocycles. The van der Waals surface area contributed by atoms with Crippen LogP contribution in [-0.2, 0) is 55.7 Å². The number of nitro groups is 1. The van der Waals surface area contributed by atoms with Crippen molar-refractivity contribution in [3.05, 3.63) is 291 Å². The van der Waals surface area contributed by atoms with Gasteiger partial charge in [-0.05, 0) is 63.7 Å². The van der Waals surface area contributed by atoms with Crippen LogP contribution in [0.2, 0.25) is 0 Å². The third-order valence-electron chi connectivity index (χ3n) is 14.4. The minimum Gasteiger partial charge on any atom is -0.485 e. The Morgan fingerprint density at radius 3 is 1.07 bits per heavy atom. The van der Waals surface area contributed by atoms with Crippen LogP contribution in [-0.4, -0.2) is 73.2 Å². The first-order valence-electron chi connectivity index (χ1n) is 27.6. The maximum Gasteiger partial charge on any atom is 0.274 e. The molecular formula is C69H61NO16. The summed E-state index contributed by atoms with van der Waals surface area (Å²) in [5.74, 6) is -3.30. The van der Waals surface area contributed by atoms with Gasteiger partial charge in [0, 0.05) is 17.2 Å². The number of nitro benzene ring substituents is 1. The Hall–Kier alpha value is -9.72. The van der Waals surface area contributed by atoms with Crippen LogP contribution in [0.5, 0.6) is 34.5 Å². The molecule has 9 aromatic carbocycles. The molecule has 1 aliphatic heterocycles. The molecule has 1 fully saturated rings. The van der Waals surface area contributed by atoms with Crippen LogP contribution in [0.1, 0.15) is 59.7 Å². The van der Waals surface area contributed by atoms with E-state index in [9.17, 15) is 30.5 Å². The Bertz CT molecular complexity index is 3580.